The summed E-state index contributed by atoms with van der Waals surface area (Å²) in [7, 11) is 0. The lowest BCUT2D eigenvalue weighted by Gasteiger charge is -2.12. The summed E-state index contributed by atoms with van der Waals surface area (Å²) < 4.78 is 11.5. The van der Waals surface area contributed by atoms with Gasteiger partial charge in [-0.2, -0.15) is 5.10 Å². The molecule has 0 radical (unpaired) electrons. The maximum absolute atomic E-state index is 5.83. The van der Waals surface area contributed by atoms with Crippen LogP contribution < -0.4 is 20.2 Å². The van der Waals surface area contributed by atoms with Crippen molar-refractivity contribution >= 4 is 29.2 Å². The second-order valence-corrected chi connectivity index (χ2v) is 6.44. The number of rotatable bonds is 9. The zero-order valence-corrected chi connectivity index (χ0v) is 16.9. The molecule has 6 heteroatoms. The van der Waals surface area contributed by atoms with Crippen LogP contribution in [0.3, 0.4) is 0 Å². The minimum atomic E-state index is 0.430. The molecule has 0 saturated heterocycles. The fraction of sp³-hybridized carbons (Fsp3) is 0.333. The molecule has 0 fully saturated rings. The SMILES string of the molecule is CCCOc1ccc(/C=N\NC(=S)Nc2ccccc2C)c(OCCC)c1. The van der Waals surface area contributed by atoms with Crippen LogP contribution in [0.25, 0.3) is 0 Å². The van der Waals surface area contributed by atoms with Gasteiger partial charge in [-0.3, -0.25) is 5.43 Å². The van der Waals surface area contributed by atoms with Crippen molar-refractivity contribution < 1.29 is 9.47 Å². The Morgan fingerprint density at radius 2 is 1.81 bits per heavy atom. The van der Waals surface area contributed by atoms with E-state index in [2.05, 4.69) is 29.7 Å². The number of thiocarbonyl (C=S) groups is 1. The lowest BCUT2D eigenvalue weighted by Crippen LogP contribution is -2.24. The standard InChI is InChI=1S/C21H27N3O2S/c1-4-12-25-18-11-10-17(20(14-18)26-13-5-2)15-22-24-21(27)23-19-9-7-6-8-16(19)3/h6-11,14-15H,4-5,12-13H2,1-3H3,(H2,23,24,27)/b22-15-. The maximum Gasteiger partial charge on any atom is 0.191 e. The average Bonchev–Trinajstić information content (AvgIpc) is 2.67. The van der Waals surface area contributed by atoms with Gasteiger partial charge in [-0.05, 0) is 55.7 Å². The highest BCUT2D eigenvalue weighted by Crippen LogP contribution is 2.24. The number of hydrazone groups is 1. The van der Waals surface area contributed by atoms with E-state index in [1.165, 1.54) is 0 Å². The van der Waals surface area contributed by atoms with Crippen molar-refractivity contribution in [2.75, 3.05) is 18.5 Å². The third kappa shape index (κ3) is 6.90. The summed E-state index contributed by atoms with van der Waals surface area (Å²) in [6.07, 6.45) is 3.59. The highest BCUT2D eigenvalue weighted by molar-refractivity contribution is 7.80. The summed E-state index contributed by atoms with van der Waals surface area (Å²) in [5.74, 6) is 1.54. The molecule has 0 aromatic heterocycles. The normalized spacial score (nSPS) is 10.6. The van der Waals surface area contributed by atoms with Crippen molar-refractivity contribution in [2.24, 2.45) is 5.10 Å². The number of benzene rings is 2. The summed E-state index contributed by atoms with van der Waals surface area (Å²) in [6, 6.07) is 13.7. The molecule has 0 bridgehead atoms. The summed E-state index contributed by atoms with van der Waals surface area (Å²) in [4.78, 5) is 0. The van der Waals surface area contributed by atoms with Gasteiger partial charge in [-0.15, -0.1) is 0 Å². The quantitative estimate of drug-likeness (QED) is 0.365. The van der Waals surface area contributed by atoms with Crippen LogP contribution in [0.15, 0.2) is 47.6 Å². The van der Waals surface area contributed by atoms with Crippen molar-refractivity contribution in [2.45, 2.75) is 33.6 Å². The molecule has 0 aliphatic heterocycles. The minimum absolute atomic E-state index is 0.430. The zero-order chi connectivity index (χ0) is 19.5. The van der Waals surface area contributed by atoms with Crippen LogP contribution in [0.1, 0.15) is 37.8 Å². The van der Waals surface area contributed by atoms with E-state index < -0.39 is 0 Å². The molecule has 0 unspecified atom stereocenters. The van der Waals surface area contributed by atoms with Crippen molar-refractivity contribution in [3.8, 4) is 11.5 Å². The first-order chi connectivity index (χ1) is 13.1. The third-order valence-corrected chi connectivity index (χ3v) is 3.88. The first-order valence-electron chi connectivity index (χ1n) is 9.19. The topological polar surface area (TPSA) is 54.9 Å². The predicted molar refractivity (Wildman–Crippen MR) is 116 cm³/mol. The number of nitrogens with one attached hydrogen (secondary N) is 2. The summed E-state index contributed by atoms with van der Waals surface area (Å²) in [5, 5.41) is 7.79. The van der Waals surface area contributed by atoms with Gasteiger partial charge in [0, 0.05) is 17.3 Å². The van der Waals surface area contributed by atoms with E-state index in [1.807, 2.05) is 49.4 Å². The molecule has 0 heterocycles. The molecular weight excluding hydrogens is 358 g/mol. The van der Waals surface area contributed by atoms with Crippen LogP contribution in [-0.4, -0.2) is 24.5 Å². The zero-order valence-electron chi connectivity index (χ0n) is 16.1. The molecule has 0 spiro atoms. The van der Waals surface area contributed by atoms with Crippen LogP contribution in [0.5, 0.6) is 11.5 Å². The largest absolute Gasteiger partial charge is 0.493 e. The molecule has 0 atom stereocenters. The lowest BCUT2D eigenvalue weighted by molar-refractivity contribution is 0.301. The molecule has 2 aromatic rings. The molecule has 0 aliphatic carbocycles. The van der Waals surface area contributed by atoms with Crippen molar-refractivity contribution in [3.63, 3.8) is 0 Å². The fourth-order valence-corrected chi connectivity index (χ4v) is 2.45. The molecule has 2 N–H and O–H groups in total. The first kappa shape index (κ1) is 20.7. The van der Waals surface area contributed by atoms with Gasteiger partial charge < -0.3 is 14.8 Å². The van der Waals surface area contributed by atoms with Gasteiger partial charge in [0.25, 0.3) is 0 Å². The third-order valence-electron chi connectivity index (χ3n) is 3.68. The smallest absolute Gasteiger partial charge is 0.191 e. The van der Waals surface area contributed by atoms with E-state index in [0.29, 0.717) is 18.3 Å². The van der Waals surface area contributed by atoms with E-state index in [4.69, 9.17) is 21.7 Å². The minimum Gasteiger partial charge on any atom is -0.493 e. The number of anilines is 1. The van der Waals surface area contributed by atoms with Crippen LogP contribution in [0, 0.1) is 6.92 Å². The molecule has 27 heavy (non-hydrogen) atoms. The molecular formula is C21H27N3O2S. The Labute approximate surface area is 166 Å². The summed E-state index contributed by atoms with van der Waals surface area (Å²) >= 11 is 5.30. The predicted octanol–water partition coefficient (Wildman–Crippen LogP) is 4.89. The Bertz CT molecular complexity index is 778. The summed E-state index contributed by atoms with van der Waals surface area (Å²) in [6.45, 7) is 7.49. The van der Waals surface area contributed by atoms with E-state index in [0.717, 1.165) is 41.2 Å². The van der Waals surface area contributed by atoms with Crippen LogP contribution >= 0.6 is 12.2 Å². The number of para-hydroxylation sites is 1. The van der Waals surface area contributed by atoms with Crippen molar-refractivity contribution in [1.82, 2.24) is 5.43 Å². The van der Waals surface area contributed by atoms with Crippen LogP contribution in [-0.2, 0) is 0 Å². The van der Waals surface area contributed by atoms with Gasteiger partial charge in [0.15, 0.2) is 5.11 Å². The van der Waals surface area contributed by atoms with Gasteiger partial charge in [0.2, 0.25) is 0 Å². The second kappa shape index (κ2) is 11.2. The monoisotopic (exact) mass is 385 g/mol. The number of ether oxygens (including phenoxy) is 2. The van der Waals surface area contributed by atoms with Gasteiger partial charge in [0.1, 0.15) is 11.5 Å². The van der Waals surface area contributed by atoms with E-state index in [9.17, 15) is 0 Å². The van der Waals surface area contributed by atoms with E-state index >= 15 is 0 Å². The Hall–Kier alpha value is -2.60. The highest BCUT2D eigenvalue weighted by atomic mass is 32.1. The maximum atomic E-state index is 5.83. The molecule has 5 nitrogen and oxygen atoms in total. The van der Waals surface area contributed by atoms with Crippen molar-refractivity contribution in [3.05, 3.63) is 53.6 Å². The number of nitrogens with zero attached hydrogens (tertiary/aromatic N) is 1. The molecule has 0 aliphatic rings. The molecule has 144 valence electrons. The fourth-order valence-electron chi connectivity index (χ4n) is 2.29. The average molecular weight is 386 g/mol. The Morgan fingerprint density at radius 1 is 1.07 bits per heavy atom. The van der Waals surface area contributed by atoms with Gasteiger partial charge in [-0.25, -0.2) is 0 Å². The van der Waals surface area contributed by atoms with Gasteiger partial charge in [-0.1, -0.05) is 32.0 Å². The highest BCUT2D eigenvalue weighted by Gasteiger charge is 2.05. The molecule has 0 amide bonds. The Kier molecular flexibility index (Phi) is 8.58. The molecule has 2 aromatic carbocycles. The molecule has 2 rings (SSSR count). The van der Waals surface area contributed by atoms with Crippen LogP contribution in [0.4, 0.5) is 5.69 Å². The van der Waals surface area contributed by atoms with E-state index in [-0.39, 0.29) is 0 Å². The van der Waals surface area contributed by atoms with Crippen molar-refractivity contribution in [1.29, 1.82) is 0 Å². The molecule has 0 saturated carbocycles. The first-order valence-corrected chi connectivity index (χ1v) is 9.60. The number of hydrogen-bond donors (Lipinski definition) is 2. The van der Waals surface area contributed by atoms with Crippen LogP contribution in [0.2, 0.25) is 0 Å². The van der Waals surface area contributed by atoms with E-state index in [1.54, 1.807) is 6.21 Å². The Balaban J connectivity index is 2.01. The number of hydrogen-bond acceptors (Lipinski definition) is 4. The summed E-state index contributed by atoms with van der Waals surface area (Å²) in [5.41, 5.74) is 5.77. The lowest BCUT2D eigenvalue weighted by atomic mass is 10.2. The Morgan fingerprint density at radius 3 is 2.56 bits per heavy atom. The number of aryl methyl sites for hydroxylation is 1. The second-order valence-electron chi connectivity index (χ2n) is 6.04. The van der Waals surface area contributed by atoms with Gasteiger partial charge >= 0.3 is 0 Å². The van der Waals surface area contributed by atoms with Gasteiger partial charge in [0.05, 0.1) is 19.4 Å².